The smallest absolute Gasteiger partial charge is 0.0679 e. The van der Waals surface area contributed by atoms with Gasteiger partial charge in [-0.05, 0) is 36.6 Å². The molecule has 0 aliphatic carbocycles. The summed E-state index contributed by atoms with van der Waals surface area (Å²) in [6, 6.07) is 10.7. The fourth-order valence-corrected chi connectivity index (χ4v) is 2.54. The van der Waals surface area contributed by atoms with Gasteiger partial charge in [0.15, 0.2) is 0 Å². The summed E-state index contributed by atoms with van der Waals surface area (Å²) in [4.78, 5) is 4.71. The number of rotatable bonds is 2. The van der Waals surface area contributed by atoms with Crippen molar-refractivity contribution in [3.63, 3.8) is 0 Å². The molecule has 3 nitrogen and oxygen atoms in total. The van der Waals surface area contributed by atoms with Gasteiger partial charge in [0.25, 0.3) is 0 Å². The van der Waals surface area contributed by atoms with Gasteiger partial charge in [0.2, 0.25) is 0 Å². The van der Waals surface area contributed by atoms with E-state index in [0.717, 1.165) is 22.3 Å². The molecule has 3 aromatic rings. The first-order valence-corrected chi connectivity index (χ1v) is 6.96. The molecule has 0 saturated carbocycles. The lowest BCUT2D eigenvalue weighted by Gasteiger charge is -2.10. The summed E-state index contributed by atoms with van der Waals surface area (Å²) in [5.41, 5.74) is 5.78. The number of hydrogen-bond acceptors (Lipinski definition) is 2. The molecule has 1 aromatic carbocycles. The minimum atomic E-state index is 0.462. The zero-order chi connectivity index (χ0) is 14.3. The molecule has 0 saturated heterocycles. The van der Waals surface area contributed by atoms with Gasteiger partial charge < -0.3 is 0 Å². The fourth-order valence-electron chi connectivity index (χ4n) is 2.54. The maximum absolute atomic E-state index is 4.71. The second-order valence-corrected chi connectivity index (χ2v) is 5.57. The van der Waals surface area contributed by atoms with Crippen LogP contribution in [0.25, 0.3) is 22.0 Å². The van der Waals surface area contributed by atoms with Crippen molar-refractivity contribution in [2.75, 3.05) is 0 Å². The average molecular weight is 265 g/mol. The van der Waals surface area contributed by atoms with E-state index in [1.165, 1.54) is 11.1 Å². The summed E-state index contributed by atoms with van der Waals surface area (Å²) in [5, 5.41) is 5.46. The summed E-state index contributed by atoms with van der Waals surface area (Å²) in [6.45, 7) is 6.42. The number of hydrogen-bond donors (Lipinski definition) is 0. The van der Waals surface area contributed by atoms with Crippen molar-refractivity contribution < 1.29 is 0 Å². The highest BCUT2D eigenvalue weighted by molar-refractivity contribution is 5.84. The quantitative estimate of drug-likeness (QED) is 0.699. The molecule has 3 rings (SSSR count). The number of fused-ring (bicyclic) bond motifs is 1. The summed E-state index contributed by atoms with van der Waals surface area (Å²) < 4.78 is 1.89. The van der Waals surface area contributed by atoms with E-state index in [0.29, 0.717) is 5.92 Å². The minimum absolute atomic E-state index is 0.462. The molecule has 0 aliphatic heterocycles. The van der Waals surface area contributed by atoms with Crippen molar-refractivity contribution in [3.05, 3.63) is 47.9 Å². The van der Waals surface area contributed by atoms with Crippen LogP contribution in [0.1, 0.15) is 31.2 Å². The van der Waals surface area contributed by atoms with Gasteiger partial charge in [0.1, 0.15) is 0 Å². The molecule has 20 heavy (non-hydrogen) atoms. The molecule has 0 spiro atoms. The fraction of sp³-hybridized carbons (Fsp3) is 0.294. The highest BCUT2D eigenvalue weighted by Crippen LogP contribution is 2.27. The predicted octanol–water partition coefficient (Wildman–Crippen LogP) is 4.07. The van der Waals surface area contributed by atoms with Crippen LogP contribution >= 0.6 is 0 Å². The summed E-state index contributed by atoms with van der Waals surface area (Å²) in [6.07, 6.45) is 1.91. The van der Waals surface area contributed by atoms with Gasteiger partial charge in [-0.15, -0.1) is 0 Å². The van der Waals surface area contributed by atoms with Crippen LogP contribution in [-0.2, 0) is 7.05 Å². The van der Waals surface area contributed by atoms with Crippen molar-refractivity contribution in [3.8, 4) is 11.1 Å². The van der Waals surface area contributed by atoms with Gasteiger partial charge in [-0.25, -0.2) is 0 Å². The Morgan fingerprint density at radius 1 is 1.10 bits per heavy atom. The van der Waals surface area contributed by atoms with Gasteiger partial charge in [0.05, 0.1) is 11.7 Å². The predicted molar refractivity (Wildman–Crippen MR) is 82.8 cm³/mol. The standard InChI is InChI=1S/C17H19N3/c1-11(2)16-7-6-15(12(3)19-16)13-5-8-17-14(9-13)10-18-20(17)4/h5-11H,1-4H3. The Bertz CT molecular complexity index is 769. The van der Waals surface area contributed by atoms with E-state index < -0.39 is 0 Å². The average Bonchev–Trinajstić information content (AvgIpc) is 2.79. The van der Waals surface area contributed by atoms with Crippen LogP contribution in [0.5, 0.6) is 0 Å². The second-order valence-electron chi connectivity index (χ2n) is 5.57. The van der Waals surface area contributed by atoms with Crippen molar-refractivity contribution in [2.45, 2.75) is 26.7 Å². The number of pyridine rings is 1. The van der Waals surface area contributed by atoms with Crippen molar-refractivity contribution in [1.29, 1.82) is 0 Å². The van der Waals surface area contributed by atoms with Crippen molar-refractivity contribution in [2.24, 2.45) is 7.05 Å². The summed E-state index contributed by atoms with van der Waals surface area (Å²) in [7, 11) is 1.96. The Morgan fingerprint density at radius 2 is 1.90 bits per heavy atom. The molecular weight excluding hydrogens is 246 g/mol. The third kappa shape index (κ3) is 2.09. The monoisotopic (exact) mass is 265 g/mol. The lowest BCUT2D eigenvalue weighted by molar-refractivity contribution is 0.797. The lowest BCUT2D eigenvalue weighted by Crippen LogP contribution is -1.96. The molecule has 2 aromatic heterocycles. The van der Waals surface area contributed by atoms with E-state index >= 15 is 0 Å². The molecule has 102 valence electrons. The van der Waals surface area contributed by atoms with Crippen LogP contribution < -0.4 is 0 Å². The Kier molecular flexibility index (Phi) is 3.05. The third-order valence-corrected chi connectivity index (χ3v) is 3.76. The SMILES string of the molecule is Cc1nc(C(C)C)ccc1-c1ccc2c(cnn2C)c1. The first-order valence-electron chi connectivity index (χ1n) is 6.96. The molecular formula is C17H19N3. The number of aryl methyl sites for hydroxylation is 2. The van der Waals surface area contributed by atoms with Gasteiger partial charge in [-0.1, -0.05) is 26.0 Å². The van der Waals surface area contributed by atoms with E-state index in [9.17, 15) is 0 Å². The van der Waals surface area contributed by atoms with Crippen LogP contribution in [-0.4, -0.2) is 14.8 Å². The van der Waals surface area contributed by atoms with E-state index in [1.807, 2.05) is 17.9 Å². The van der Waals surface area contributed by atoms with Crippen LogP contribution in [0.15, 0.2) is 36.5 Å². The Labute approximate surface area is 119 Å². The zero-order valence-electron chi connectivity index (χ0n) is 12.4. The first-order chi connectivity index (χ1) is 9.56. The third-order valence-electron chi connectivity index (χ3n) is 3.76. The topological polar surface area (TPSA) is 30.7 Å². The first kappa shape index (κ1) is 12.9. The summed E-state index contributed by atoms with van der Waals surface area (Å²) >= 11 is 0. The molecule has 0 bridgehead atoms. The molecule has 0 unspecified atom stereocenters. The highest BCUT2D eigenvalue weighted by atomic mass is 15.2. The molecule has 0 radical (unpaired) electrons. The van der Waals surface area contributed by atoms with Crippen LogP contribution in [0.2, 0.25) is 0 Å². The van der Waals surface area contributed by atoms with Crippen molar-refractivity contribution in [1.82, 2.24) is 14.8 Å². The van der Waals surface area contributed by atoms with Crippen LogP contribution in [0.3, 0.4) is 0 Å². The Balaban J connectivity index is 2.10. The van der Waals surface area contributed by atoms with Gasteiger partial charge in [-0.2, -0.15) is 5.10 Å². The second kappa shape index (κ2) is 4.75. The number of nitrogens with zero attached hydrogens (tertiary/aromatic N) is 3. The molecule has 3 heteroatoms. The molecule has 0 amide bonds. The minimum Gasteiger partial charge on any atom is -0.268 e. The number of aromatic nitrogens is 3. The van der Waals surface area contributed by atoms with Crippen LogP contribution in [0, 0.1) is 6.92 Å². The molecule has 0 N–H and O–H groups in total. The zero-order valence-corrected chi connectivity index (χ0v) is 12.4. The largest absolute Gasteiger partial charge is 0.268 e. The molecule has 0 atom stereocenters. The van der Waals surface area contributed by atoms with Crippen LogP contribution in [0.4, 0.5) is 0 Å². The van der Waals surface area contributed by atoms with E-state index in [-0.39, 0.29) is 0 Å². The van der Waals surface area contributed by atoms with E-state index in [4.69, 9.17) is 4.98 Å². The maximum atomic E-state index is 4.71. The van der Waals surface area contributed by atoms with E-state index in [2.05, 4.69) is 56.2 Å². The normalized spacial score (nSPS) is 11.4. The Morgan fingerprint density at radius 3 is 2.60 bits per heavy atom. The van der Waals surface area contributed by atoms with Crippen molar-refractivity contribution >= 4 is 10.9 Å². The van der Waals surface area contributed by atoms with Gasteiger partial charge in [0, 0.05) is 29.4 Å². The van der Waals surface area contributed by atoms with E-state index in [1.54, 1.807) is 0 Å². The molecule has 2 heterocycles. The molecule has 0 fully saturated rings. The van der Waals surface area contributed by atoms with Gasteiger partial charge >= 0.3 is 0 Å². The maximum Gasteiger partial charge on any atom is 0.0679 e. The Hall–Kier alpha value is -2.16. The van der Waals surface area contributed by atoms with Gasteiger partial charge in [-0.3, -0.25) is 9.67 Å². The number of benzene rings is 1. The molecule has 0 aliphatic rings. The lowest BCUT2D eigenvalue weighted by atomic mass is 10.0. The highest BCUT2D eigenvalue weighted by Gasteiger charge is 2.08. The summed E-state index contributed by atoms with van der Waals surface area (Å²) in [5.74, 6) is 0.462.